The number of carbonyl (C=O) groups is 1. The number of hydrogen-bond donors (Lipinski definition) is 3. The molecule has 0 saturated heterocycles. The van der Waals surface area contributed by atoms with Gasteiger partial charge in [0.1, 0.15) is 11.6 Å². The maximum atomic E-state index is 13.7. The van der Waals surface area contributed by atoms with Gasteiger partial charge in [-0.15, -0.1) is 0 Å². The Hall–Kier alpha value is -2.24. The van der Waals surface area contributed by atoms with E-state index in [2.05, 4.69) is 5.32 Å². The minimum Gasteiger partial charge on any atom is -0.507 e. The molecule has 2 aromatic rings. The number of aliphatic hydroxyl groups is 1. The Morgan fingerprint density at radius 3 is 2.58 bits per heavy atom. The number of halogens is 1. The normalized spacial score (nSPS) is 12.1. The Morgan fingerprint density at radius 1 is 1.25 bits per heavy atom. The van der Waals surface area contributed by atoms with Gasteiger partial charge in [-0.2, -0.15) is 0 Å². The molecule has 24 heavy (non-hydrogen) atoms. The topological polar surface area (TPSA) is 69.6 Å². The highest BCUT2D eigenvalue weighted by Crippen LogP contribution is 2.26. The lowest BCUT2D eigenvalue weighted by Gasteiger charge is -2.20. The molecule has 0 aliphatic carbocycles. The van der Waals surface area contributed by atoms with E-state index in [4.69, 9.17) is 5.11 Å². The fourth-order valence-electron chi connectivity index (χ4n) is 2.66. The monoisotopic (exact) mass is 331 g/mol. The summed E-state index contributed by atoms with van der Waals surface area (Å²) in [7, 11) is 0. The van der Waals surface area contributed by atoms with Crippen LogP contribution in [-0.4, -0.2) is 22.6 Å². The largest absolute Gasteiger partial charge is 0.507 e. The summed E-state index contributed by atoms with van der Waals surface area (Å²) in [6, 6.07) is 12.0. The summed E-state index contributed by atoms with van der Waals surface area (Å²) in [6.07, 6.45) is 1.33. The quantitative estimate of drug-likeness (QED) is 0.649. The van der Waals surface area contributed by atoms with Crippen LogP contribution in [0.5, 0.6) is 5.75 Å². The molecular weight excluding hydrogens is 309 g/mol. The molecule has 2 aromatic carbocycles. The van der Waals surface area contributed by atoms with E-state index >= 15 is 0 Å². The lowest BCUT2D eigenvalue weighted by Crippen LogP contribution is -2.21. The van der Waals surface area contributed by atoms with Gasteiger partial charge in [0.05, 0.1) is 5.56 Å². The molecule has 0 aliphatic heterocycles. The standard InChI is InChI=1S/C19H22FNO3/c1-13(23)17-11-16(20)10-15(19(17)24)12-21-18(8-5-9-22)14-6-3-2-4-7-14/h2-4,6-7,10-11,18,21-22,24H,5,8-9,12H2,1H3. The van der Waals surface area contributed by atoms with Crippen molar-refractivity contribution in [1.29, 1.82) is 0 Å². The lowest BCUT2D eigenvalue weighted by molar-refractivity contribution is 0.101. The number of rotatable bonds is 8. The Morgan fingerprint density at radius 2 is 1.96 bits per heavy atom. The third-order valence-electron chi connectivity index (χ3n) is 3.92. The first-order chi connectivity index (χ1) is 11.5. The van der Waals surface area contributed by atoms with Gasteiger partial charge in [0.25, 0.3) is 0 Å². The summed E-state index contributed by atoms with van der Waals surface area (Å²) in [4.78, 5) is 11.5. The number of benzene rings is 2. The van der Waals surface area contributed by atoms with Crippen LogP contribution < -0.4 is 5.32 Å². The molecular formula is C19H22FNO3. The van der Waals surface area contributed by atoms with E-state index in [1.165, 1.54) is 13.0 Å². The third kappa shape index (κ3) is 4.63. The number of phenolic OH excluding ortho intramolecular Hbond substituents is 1. The minimum atomic E-state index is -0.554. The summed E-state index contributed by atoms with van der Waals surface area (Å²) < 4.78 is 13.7. The first kappa shape index (κ1) is 18.1. The van der Waals surface area contributed by atoms with Crippen LogP contribution in [0.15, 0.2) is 42.5 Å². The predicted octanol–water partition coefficient (Wildman–Crippen LogP) is 3.34. The maximum absolute atomic E-state index is 13.7. The zero-order chi connectivity index (χ0) is 17.5. The number of hydrogen-bond acceptors (Lipinski definition) is 4. The van der Waals surface area contributed by atoms with Gasteiger partial charge in [0.15, 0.2) is 5.78 Å². The smallest absolute Gasteiger partial charge is 0.163 e. The number of ketones is 1. The van der Waals surface area contributed by atoms with Crippen molar-refractivity contribution < 1.29 is 19.4 Å². The molecule has 0 aliphatic rings. The van der Waals surface area contributed by atoms with Gasteiger partial charge in [-0.25, -0.2) is 4.39 Å². The van der Waals surface area contributed by atoms with E-state index in [0.717, 1.165) is 11.6 Å². The summed E-state index contributed by atoms with van der Waals surface area (Å²) in [5.41, 5.74) is 1.37. The van der Waals surface area contributed by atoms with Crippen LogP contribution in [-0.2, 0) is 6.54 Å². The van der Waals surface area contributed by atoms with Crippen LogP contribution in [0.3, 0.4) is 0 Å². The van der Waals surface area contributed by atoms with Gasteiger partial charge < -0.3 is 15.5 Å². The van der Waals surface area contributed by atoms with Crippen molar-refractivity contribution in [3.8, 4) is 5.75 Å². The first-order valence-electron chi connectivity index (χ1n) is 7.94. The molecule has 5 heteroatoms. The number of aromatic hydroxyl groups is 1. The number of carbonyl (C=O) groups excluding carboxylic acids is 1. The van der Waals surface area contributed by atoms with Crippen LogP contribution in [0.2, 0.25) is 0 Å². The zero-order valence-electron chi connectivity index (χ0n) is 13.6. The Bertz CT molecular complexity index is 689. The van der Waals surface area contributed by atoms with Gasteiger partial charge in [-0.05, 0) is 37.5 Å². The van der Waals surface area contributed by atoms with Gasteiger partial charge >= 0.3 is 0 Å². The van der Waals surface area contributed by atoms with E-state index in [1.54, 1.807) is 0 Å². The minimum absolute atomic E-state index is 0.0154. The van der Waals surface area contributed by atoms with Crippen LogP contribution in [0.25, 0.3) is 0 Å². The van der Waals surface area contributed by atoms with Crippen LogP contribution in [0.4, 0.5) is 4.39 Å². The maximum Gasteiger partial charge on any atom is 0.163 e. The Balaban J connectivity index is 2.18. The average molecular weight is 331 g/mol. The van der Waals surface area contributed by atoms with Crippen LogP contribution >= 0.6 is 0 Å². The van der Waals surface area contributed by atoms with E-state index in [1.807, 2.05) is 30.3 Å². The second-order valence-electron chi connectivity index (χ2n) is 5.73. The van der Waals surface area contributed by atoms with Crippen molar-refractivity contribution in [3.63, 3.8) is 0 Å². The molecule has 0 amide bonds. The summed E-state index contributed by atoms with van der Waals surface area (Å²) in [6.45, 7) is 1.60. The number of phenols is 1. The SMILES string of the molecule is CC(=O)c1cc(F)cc(CNC(CCCO)c2ccccc2)c1O. The van der Waals surface area contributed by atoms with Gasteiger partial charge in [0.2, 0.25) is 0 Å². The molecule has 0 spiro atoms. The molecule has 4 nitrogen and oxygen atoms in total. The fourth-order valence-corrected chi connectivity index (χ4v) is 2.66. The molecule has 0 heterocycles. The summed E-state index contributed by atoms with van der Waals surface area (Å²) in [5.74, 6) is -1.13. The Kier molecular flexibility index (Phi) is 6.46. The molecule has 3 N–H and O–H groups in total. The Labute approximate surface area is 141 Å². The van der Waals surface area contributed by atoms with Crippen LogP contribution in [0, 0.1) is 5.82 Å². The number of Topliss-reactive ketones (excluding diaryl/α,β-unsaturated/α-hetero) is 1. The summed E-state index contributed by atoms with van der Waals surface area (Å²) in [5, 5.41) is 22.5. The predicted molar refractivity (Wildman–Crippen MR) is 90.4 cm³/mol. The van der Waals surface area contributed by atoms with Gasteiger partial charge in [-0.3, -0.25) is 4.79 Å². The van der Waals surface area contributed by atoms with Gasteiger partial charge in [-0.1, -0.05) is 30.3 Å². The van der Waals surface area contributed by atoms with Crippen molar-refractivity contribution >= 4 is 5.78 Å². The molecule has 2 rings (SSSR count). The van der Waals surface area contributed by atoms with Crippen LogP contribution in [0.1, 0.15) is 47.3 Å². The second-order valence-corrected chi connectivity index (χ2v) is 5.73. The van der Waals surface area contributed by atoms with Crippen molar-refractivity contribution in [2.75, 3.05) is 6.61 Å². The third-order valence-corrected chi connectivity index (χ3v) is 3.92. The molecule has 0 radical (unpaired) electrons. The van der Waals surface area contributed by atoms with E-state index < -0.39 is 5.82 Å². The highest BCUT2D eigenvalue weighted by Gasteiger charge is 2.16. The van der Waals surface area contributed by atoms with Gasteiger partial charge in [0, 0.05) is 24.8 Å². The summed E-state index contributed by atoms with van der Waals surface area (Å²) >= 11 is 0. The molecule has 0 saturated carbocycles. The molecule has 0 fully saturated rings. The molecule has 0 bridgehead atoms. The van der Waals surface area contributed by atoms with Crippen molar-refractivity contribution in [1.82, 2.24) is 5.32 Å². The number of aliphatic hydroxyl groups excluding tert-OH is 1. The molecule has 0 aromatic heterocycles. The van der Waals surface area contributed by atoms with Crippen molar-refractivity contribution in [2.45, 2.75) is 32.4 Å². The first-order valence-corrected chi connectivity index (χ1v) is 7.94. The molecule has 128 valence electrons. The van der Waals surface area contributed by atoms with E-state index in [0.29, 0.717) is 18.4 Å². The molecule has 1 unspecified atom stereocenters. The van der Waals surface area contributed by atoms with Crippen molar-refractivity contribution in [2.24, 2.45) is 0 Å². The zero-order valence-corrected chi connectivity index (χ0v) is 13.6. The van der Waals surface area contributed by atoms with Crippen molar-refractivity contribution in [3.05, 3.63) is 65.0 Å². The van der Waals surface area contributed by atoms with E-state index in [9.17, 15) is 14.3 Å². The highest BCUT2D eigenvalue weighted by atomic mass is 19.1. The highest BCUT2D eigenvalue weighted by molar-refractivity contribution is 5.97. The fraction of sp³-hybridized carbons (Fsp3) is 0.316. The second kappa shape index (κ2) is 8.57. The van der Waals surface area contributed by atoms with E-state index in [-0.39, 0.29) is 36.3 Å². The lowest BCUT2D eigenvalue weighted by atomic mass is 10.0. The number of nitrogens with one attached hydrogen (secondary N) is 1. The average Bonchev–Trinajstić information content (AvgIpc) is 2.58. The molecule has 1 atom stereocenters.